The van der Waals surface area contributed by atoms with Gasteiger partial charge in [0.15, 0.2) is 0 Å². The molecule has 1 aliphatic heterocycles. The van der Waals surface area contributed by atoms with E-state index in [1.54, 1.807) is 23.4 Å². The fourth-order valence-corrected chi connectivity index (χ4v) is 1.42. The summed E-state index contributed by atoms with van der Waals surface area (Å²) < 4.78 is 0. The van der Waals surface area contributed by atoms with Crippen LogP contribution in [0.5, 0.6) is 0 Å². The van der Waals surface area contributed by atoms with Crippen LogP contribution in [-0.2, 0) is 0 Å². The van der Waals surface area contributed by atoms with Gasteiger partial charge in [-0.05, 0) is 6.07 Å². The van der Waals surface area contributed by atoms with E-state index in [4.69, 9.17) is 0 Å². The predicted octanol–water partition coefficient (Wildman–Crippen LogP) is -0.478. The minimum atomic E-state index is -0.0768. The molecule has 5 heteroatoms. The molecule has 0 aromatic carbocycles. The number of piperazine rings is 1. The lowest BCUT2D eigenvalue weighted by Gasteiger charge is -2.26. The lowest BCUT2D eigenvalue weighted by molar-refractivity contribution is 0.0723. The van der Waals surface area contributed by atoms with Gasteiger partial charge in [0.25, 0.3) is 5.91 Å². The summed E-state index contributed by atoms with van der Waals surface area (Å²) in [4.78, 5) is 21.4. The summed E-state index contributed by atoms with van der Waals surface area (Å²) in [5, 5.41) is 3.19. The minimum absolute atomic E-state index is 0.0768. The molecule has 1 fully saturated rings. The van der Waals surface area contributed by atoms with Crippen molar-refractivity contribution in [2.75, 3.05) is 26.2 Å². The molecule has 0 bridgehead atoms. The van der Waals surface area contributed by atoms with E-state index in [0.717, 1.165) is 26.2 Å². The van der Waals surface area contributed by atoms with E-state index in [0.29, 0.717) is 0 Å². The maximum absolute atomic E-state index is 11.8. The van der Waals surface area contributed by atoms with Crippen LogP contribution in [0, 0.1) is 0 Å². The third kappa shape index (κ3) is 1.88. The third-order valence-corrected chi connectivity index (χ3v) is 2.16. The van der Waals surface area contributed by atoms with Crippen LogP contribution >= 0.6 is 0 Å². The van der Waals surface area contributed by atoms with Crippen LogP contribution < -0.4 is 5.32 Å². The summed E-state index contributed by atoms with van der Waals surface area (Å²) in [5.41, 5.74) is 0. The molecular weight excluding hydrogens is 180 g/mol. The number of carbonyl (C=O) groups excluding carboxylic acids is 1. The number of amides is 1. The van der Waals surface area contributed by atoms with Crippen molar-refractivity contribution in [1.82, 2.24) is 20.2 Å². The van der Waals surface area contributed by atoms with Crippen molar-refractivity contribution >= 4 is 5.91 Å². The van der Waals surface area contributed by atoms with Crippen LogP contribution in [0.25, 0.3) is 0 Å². The summed E-state index contributed by atoms with van der Waals surface area (Å²) in [6.07, 6.45) is 3.17. The van der Waals surface area contributed by atoms with E-state index in [2.05, 4.69) is 15.3 Å². The topological polar surface area (TPSA) is 58.1 Å². The SMILES string of the molecule is O=C(c1ncccn1)N1CCNCC1. The van der Waals surface area contributed by atoms with Crippen LogP contribution in [0.15, 0.2) is 18.5 Å². The maximum atomic E-state index is 11.8. The first-order valence-electron chi connectivity index (χ1n) is 4.65. The molecule has 74 valence electrons. The second kappa shape index (κ2) is 4.15. The number of carbonyl (C=O) groups is 1. The lowest BCUT2D eigenvalue weighted by Crippen LogP contribution is -2.46. The van der Waals surface area contributed by atoms with Gasteiger partial charge in [0, 0.05) is 38.6 Å². The van der Waals surface area contributed by atoms with Crippen LogP contribution in [-0.4, -0.2) is 47.0 Å². The Bertz CT molecular complexity index is 308. The van der Waals surface area contributed by atoms with E-state index >= 15 is 0 Å². The number of nitrogens with one attached hydrogen (secondary N) is 1. The van der Waals surface area contributed by atoms with Gasteiger partial charge in [-0.2, -0.15) is 0 Å². The lowest BCUT2D eigenvalue weighted by atomic mass is 10.3. The Morgan fingerprint density at radius 1 is 1.29 bits per heavy atom. The van der Waals surface area contributed by atoms with Gasteiger partial charge in [-0.25, -0.2) is 9.97 Å². The molecule has 0 atom stereocenters. The first-order chi connectivity index (χ1) is 6.88. The molecule has 1 aromatic rings. The molecule has 0 unspecified atom stereocenters. The van der Waals surface area contributed by atoms with Crippen molar-refractivity contribution in [3.05, 3.63) is 24.3 Å². The molecule has 0 saturated carbocycles. The highest BCUT2D eigenvalue weighted by Crippen LogP contribution is 1.99. The van der Waals surface area contributed by atoms with Gasteiger partial charge in [0.2, 0.25) is 5.82 Å². The van der Waals surface area contributed by atoms with Gasteiger partial charge in [-0.1, -0.05) is 0 Å². The molecule has 1 aromatic heterocycles. The molecule has 0 radical (unpaired) electrons. The van der Waals surface area contributed by atoms with E-state index in [9.17, 15) is 4.79 Å². The molecule has 1 saturated heterocycles. The Hall–Kier alpha value is -1.49. The van der Waals surface area contributed by atoms with Gasteiger partial charge < -0.3 is 10.2 Å². The van der Waals surface area contributed by atoms with Crippen LogP contribution in [0.1, 0.15) is 10.6 Å². The van der Waals surface area contributed by atoms with Gasteiger partial charge in [-0.3, -0.25) is 4.79 Å². The normalized spacial score (nSPS) is 16.7. The Balaban J connectivity index is 2.07. The van der Waals surface area contributed by atoms with Crippen LogP contribution in [0.3, 0.4) is 0 Å². The number of nitrogens with zero attached hydrogens (tertiary/aromatic N) is 3. The summed E-state index contributed by atoms with van der Waals surface area (Å²) in [5.74, 6) is 0.210. The highest BCUT2D eigenvalue weighted by molar-refractivity contribution is 5.90. The van der Waals surface area contributed by atoms with Crippen molar-refractivity contribution in [3.63, 3.8) is 0 Å². The molecule has 2 heterocycles. The third-order valence-electron chi connectivity index (χ3n) is 2.16. The number of aromatic nitrogens is 2. The van der Waals surface area contributed by atoms with Crippen LogP contribution in [0.4, 0.5) is 0 Å². The largest absolute Gasteiger partial charge is 0.333 e. The van der Waals surface area contributed by atoms with Crippen LogP contribution in [0.2, 0.25) is 0 Å². The highest BCUT2D eigenvalue weighted by Gasteiger charge is 2.19. The number of rotatable bonds is 1. The standard InChI is InChI=1S/C9H12N4O/c14-9(8-11-2-1-3-12-8)13-6-4-10-5-7-13/h1-3,10H,4-7H2. The molecule has 0 spiro atoms. The van der Waals surface area contributed by atoms with Crippen molar-refractivity contribution < 1.29 is 4.79 Å². The molecule has 1 amide bonds. The van der Waals surface area contributed by atoms with Crippen molar-refractivity contribution in [2.24, 2.45) is 0 Å². The average molecular weight is 192 g/mol. The first-order valence-corrected chi connectivity index (χ1v) is 4.65. The average Bonchev–Trinajstić information content (AvgIpc) is 2.30. The van der Waals surface area contributed by atoms with E-state index in [-0.39, 0.29) is 11.7 Å². The summed E-state index contributed by atoms with van der Waals surface area (Å²) in [7, 11) is 0. The second-order valence-corrected chi connectivity index (χ2v) is 3.11. The van der Waals surface area contributed by atoms with Gasteiger partial charge in [0.05, 0.1) is 0 Å². The summed E-state index contributed by atoms with van der Waals surface area (Å²) in [6.45, 7) is 3.16. The molecule has 1 N–H and O–H groups in total. The number of hydrogen-bond donors (Lipinski definition) is 1. The molecule has 1 aliphatic rings. The molecule has 5 nitrogen and oxygen atoms in total. The molecule has 14 heavy (non-hydrogen) atoms. The van der Waals surface area contributed by atoms with E-state index in [1.165, 1.54) is 0 Å². The maximum Gasteiger partial charge on any atom is 0.291 e. The zero-order valence-electron chi connectivity index (χ0n) is 7.81. The van der Waals surface area contributed by atoms with Crippen molar-refractivity contribution in [2.45, 2.75) is 0 Å². The Kier molecular flexibility index (Phi) is 2.69. The monoisotopic (exact) mass is 192 g/mol. The van der Waals surface area contributed by atoms with Gasteiger partial charge in [-0.15, -0.1) is 0 Å². The zero-order valence-corrected chi connectivity index (χ0v) is 7.81. The van der Waals surface area contributed by atoms with E-state index < -0.39 is 0 Å². The zero-order chi connectivity index (χ0) is 9.80. The van der Waals surface area contributed by atoms with Gasteiger partial charge >= 0.3 is 0 Å². The fraction of sp³-hybridized carbons (Fsp3) is 0.444. The Morgan fingerprint density at radius 3 is 2.57 bits per heavy atom. The van der Waals surface area contributed by atoms with E-state index in [1.807, 2.05) is 0 Å². The Labute approximate surface area is 82.2 Å². The first kappa shape index (κ1) is 9.08. The fourth-order valence-electron chi connectivity index (χ4n) is 1.42. The molecule has 0 aliphatic carbocycles. The Morgan fingerprint density at radius 2 is 1.93 bits per heavy atom. The van der Waals surface area contributed by atoms with Crippen molar-refractivity contribution in [3.8, 4) is 0 Å². The highest BCUT2D eigenvalue weighted by atomic mass is 16.2. The molecular formula is C9H12N4O. The second-order valence-electron chi connectivity index (χ2n) is 3.11. The van der Waals surface area contributed by atoms with Crippen molar-refractivity contribution in [1.29, 1.82) is 0 Å². The summed E-state index contributed by atoms with van der Waals surface area (Å²) in [6, 6.07) is 1.70. The van der Waals surface area contributed by atoms with Gasteiger partial charge in [0.1, 0.15) is 0 Å². The number of hydrogen-bond acceptors (Lipinski definition) is 4. The molecule has 2 rings (SSSR count). The smallest absolute Gasteiger partial charge is 0.291 e. The summed E-state index contributed by atoms with van der Waals surface area (Å²) >= 11 is 0. The predicted molar refractivity (Wildman–Crippen MR) is 50.8 cm³/mol. The quantitative estimate of drug-likeness (QED) is 0.653. The minimum Gasteiger partial charge on any atom is -0.333 e.